The average molecular weight is 269 g/mol. The molecule has 0 amide bonds. The van der Waals surface area contributed by atoms with Crippen molar-refractivity contribution in [1.82, 2.24) is 9.88 Å². The molecule has 1 saturated heterocycles. The molecule has 2 heterocycles. The van der Waals surface area contributed by atoms with Crippen LogP contribution in [0.5, 0.6) is 0 Å². The number of likely N-dealkylation sites (N-methyl/N-ethyl adjacent to an activating group) is 1. The molecule has 0 aliphatic carbocycles. The number of thiazole rings is 1. The predicted molar refractivity (Wildman–Crippen MR) is 74.7 cm³/mol. The summed E-state index contributed by atoms with van der Waals surface area (Å²) in [6, 6.07) is 0. The minimum atomic E-state index is 0.125. The summed E-state index contributed by atoms with van der Waals surface area (Å²) in [7, 11) is 2.13. The maximum Gasteiger partial charge on any atom is 0.123 e. The Morgan fingerprint density at radius 2 is 2.33 bits per heavy atom. The fourth-order valence-electron chi connectivity index (χ4n) is 2.17. The van der Waals surface area contributed by atoms with E-state index in [2.05, 4.69) is 25.8 Å². The van der Waals surface area contributed by atoms with Gasteiger partial charge in [0.05, 0.1) is 12.3 Å². The fourth-order valence-corrected chi connectivity index (χ4v) is 3.19. The topological polar surface area (TPSA) is 51.4 Å². The van der Waals surface area contributed by atoms with Crippen LogP contribution in [-0.4, -0.2) is 36.6 Å². The van der Waals surface area contributed by atoms with Crippen LogP contribution >= 0.6 is 11.3 Å². The molecule has 1 atom stereocenters. The first-order chi connectivity index (χ1) is 8.60. The normalized spacial score (nSPS) is 21.7. The molecule has 0 bridgehead atoms. The summed E-state index contributed by atoms with van der Waals surface area (Å²) >= 11 is 1.72. The molecule has 1 fully saturated rings. The zero-order valence-electron chi connectivity index (χ0n) is 11.5. The van der Waals surface area contributed by atoms with Gasteiger partial charge >= 0.3 is 0 Å². The number of ether oxygens (including phenoxy) is 1. The van der Waals surface area contributed by atoms with Gasteiger partial charge in [-0.1, -0.05) is 13.8 Å². The summed E-state index contributed by atoms with van der Waals surface area (Å²) in [5.74, 6) is 0.611. The Kier molecular flexibility index (Phi) is 4.72. The molecule has 0 saturated carbocycles. The van der Waals surface area contributed by atoms with Crippen molar-refractivity contribution in [2.75, 3.05) is 26.7 Å². The van der Waals surface area contributed by atoms with Gasteiger partial charge in [-0.05, 0) is 19.4 Å². The van der Waals surface area contributed by atoms with Gasteiger partial charge in [0.15, 0.2) is 0 Å². The van der Waals surface area contributed by atoms with Gasteiger partial charge in [-0.15, -0.1) is 11.3 Å². The van der Waals surface area contributed by atoms with Crippen LogP contribution in [0.15, 0.2) is 0 Å². The van der Waals surface area contributed by atoms with Gasteiger partial charge in [-0.2, -0.15) is 0 Å². The van der Waals surface area contributed by atoms with Crippen LogP contribution in [0.2, 0.25) is 0 Å². The molecule has 2 rings (SSSR count). The zero-order chi connectivity index (χ0) is 13.1. The highest BCUT2D eigenvalue weighted by molar-refractivity contribution is 7.11. The van der Waals surface area contributed by atoms with Crippen LogP contribution in [0.3, 0.4) is 0 Å². The van der Waals surface area contributed by atoms with Crippen molar-refractivity contribution in [1.29, 1.82) is 0 Å². The Balaban J connectivity index is 2.15. The number of nitrogens with two attached hydrogens (primary N) is 1. The standard InChI is InChI=1S/C13H23N3OS/c1-9(2)6-10-12(7-14)18-13(15-10)11-8-16(3)4-5-17-11/h9,11H,4-8,14H2,1-3H3. The first-order valence-corrected chi connectivity index (χ1v) is 7.40. The number of morpholine rings is 1. The minimum Gasteiger partial charge on any atom is -0.368 e. The molecule has 0 spiro atoms. The first-order valence-electron chi connectivity index (χ1n) is 6.58. The molecule has 5 heteroatoms. The molecule has 18 heavy (non-hydrogen) atoms. The van der Waals surface area contributed by atoms with Gasteiger partial charge in [0.2, 0.25) is 0 Å². The molecular formula is C13H23N3OS. The monoisotopic (exact) mass is 269 g/mol. The number of aromatic nitrogens is 1. The Labute approximate surface area is 113 Å². The van der Waals surface area contributed by atoms with Crippen molar-refractivity contribution < 1.29 is 4.74 Å². The van der Waals surface area contributed by atoms with Gasteiger partial charge in [-0.3, -0.25) is 0 Å². The summed E-state index contributed by atoms with van der Waals surface area (Å²) in [6.07, 6.45) is 1.13. The quantitative estimate of drug-likeness (QED) is 0.905. The summed E-state index contributed by atoms with van der Waals surface area (Å²) in [6.45, 7) is 7.73. The number of hydrogen-bond acceptors (Lipinski definition) is 5. The van der Waals surface area contributed by atoms with Gasteiger partial charge in [-0.25, -0.2) is 4.98 Å². The molecular weight excluding hydrogens is 246 g/mol. The Morgan fingerprint density at radius 3 is 2.94 bits per heavy atom. The molecule has 4 nitrogen and oxygen atoms in total. The van der Waals surface area contributed by atoms with E-state index in [-0.39, 0.29) is 6.10 Å². The molecule has 0 radical (unpaired) electrons. The lowest BCUT2D eigenvalue weighted by atomic mass is 10.1. The second kappa shape index (κ2) is 6.10. The number of hydrogen-bond donors (Lipinski definition) is 1. The van der Waals surface area contributed by atoms with Gasteiger partial charge in [0.1, 0.15) is 11.1 Å². The van der Waals surface area contributed by atoms with Crippen LogP contribution < -0.4 is 5.73 Å². The number of nitrogens with zero attached hydrogens (tertiary/aromatic N) is 2. The second-order valence-corrected chi connectivity index (χ2v) is 6.46. The van der Waals surface area contributed by atoms with E-state index in [0.29, 0.717) is 12.5 Å². The minimum absolute atomic E-state index is 0.125. The average Bonchev–Trinajstić information content (AvgIpc) is 2.71. The highest BCUT2D eigenvalue weighted by Crippen LogP contribution is 2.29. The summed E-state index contributed by atoms with van der Waals surface area (Å²) < 4.78 is 5.82. The highest BCUT2D eigenvalue weighted by atomic mass is 32.1. The fraction of sp³-hybridized carbons (Fsp3) is 0.769. The Hall–Kier alpha value is -0.490. The first kappa shape index (κ1) is 13.9. The van der Waals surface area contributed by atoms with Crippen molar-refractivity contribution in [3.05, 3.63) is 15.6 Å². The maximum absolute atomic E-state index is 5.82. The van der Waals surface area contributed by atoms with Crippen molar-refractivity contribution >= 4 is 11.3 Å². The van der Waals surface area contributed by atoms with Gasteiger partial charge in [0, 0.05) is 24.5 Å². The van der Waals surface area contributed by atoms with E-state index in [9.17, 15) is 0 Å². The number of rotatable bonds is 4. The molecule has 1 unspecified atom stereocenters. The Morgan fingerprint density at radius 1 is 1.56 bits per heavy atom. The maximum atomic E-state index is 5.82. The van der Waals surface area contributed by atoms with E-state index in [0.717, 1.165) is 31.1 Å². The highest BCUT2D eigenvalue weighted by Gasteiger charge is 2.24. The summed E-state index contributed by atoms with van der Waals surface area (Å²) in [5, 5.41) is 1.10. The van der Waals surface area contributed by atoms with Crippen LogP contribution in [0.25, 0.3) is 0 Å². The summed E-state index contributed by atoms with van der Waals surface area (Å²) in [4.78, 5) is 8.28. The van der Waals surface area contributed by atoms with E-state index in [1.807, 2.05) is 0 Å². The van der Waals surface area contributed by atoms with E-state index >= 15 is 0 Å². The molecule has 1 aromatic rings. The molecule has 102 valence electrons. The van der Waals surface area contributed by atoms with Crippen LogP contribution in [0.1, 0.15) is 35.5 Å². The zero-order valence-corrected chi connectivity index (χ0v) is 12.3. The third-order valence-corrected chi connectivity index (χ3v) is 4.34. The van der Waals surface area contributed by atoms with Crippen molar-refractivity contribution in [3.63, 3.8) is 0 Å². The molecule has 0 aromatic carbocycles. The lowest BCUT2D eigenvalue weighted by Crippen LogP contribution is -2.35. The van der Waals surface area contributed by atoms with Crippen molar-refractivity contribution in [2.24, 2.45) is 11.7 Å². The van der Waals surface area contributed by atoms with E-state index in [1.54, 1.807) is 11.3 Å². The van der Waals surface area contributed by atoms with E-state index < -0.39 is 0 Å². The Bertz CT molecular complexity index is 392. The SMILES string of the molecule is CC(C)Cc1nc(C2CN(C)CCO2)sc1CN. The lowest BCUT2D eigenvalue weighted by molar-refractivity contribution is -0.0210. The van der Waals surface area contributed by atoms with Crippen LogP contribution in [0.4, 0.5) is 0 Å². The van der Waals surface area contributed by atoms with Crippen LogP contribution in [0, 0.1) is 5.92 Å². The third kappa shape index (κ3) is 3.29. The lowest BCUT2D eigenvalue weighted by Gasteiger charge is -2.28. The second-order valence-electron chi connectivity index (χ2n) is 5.35. The molecule has 1 aliphatic heterocycles. The molecule has 1 aliphatic rings. The van der Waals surface area contributed by atoms with Gasteiger partial charge < -0.3 is 15.4 Å². The smallest absolute Gasteiger partial charge is 0.123 e. The van der Waals surface area contributed by atoms with Crippen molar-refractivity contribution in [2.45, 2.75) is 32.9 Å². The van der Waals surface area contributed by atoms with E-state index in [4.69, 9.17) is 15.5 Å². The predicted octanol–water partition coefficient (Wildman–Crippen LogP) is 1.80. The molecule has 2 N–H and O–H groups in total. The van der Waals surface area contributed by atoms with Crippen LogP contribution in [-0.2, 0) is 17.7 Å². The molecule has 1 aromatic heterocycles. The van der Waals surface area contributed by atoms with Gasteiger partial charge in [0.25, 0.3) is 0 Å². The summed E-state index contributed by atoms with van der Waals surface area (Å²) in [5.41, 5.74) is 6.99. The largest absolute Gasteiger partial charge is 0.368 e. The third-order valence-electron chi connectivity index (χ3n) is 3.13. The van der Waals surface area contributed by atoms with Crippen molar-refractivity contribution in [3.8, 4) is 0 Å². The van der Waals surface area contributed by atoms with E-state index in [1.165, 1.54) is 10.6 Å².